The molecule has 5 heteroatoms. The molecule has 0 spiro atoms. The number of carbonyl (C=O) groups excluding carboxylic acids is 1. The number of nitrogens with one attached hydrogen (secondary N) is 1. The minimum Gasteiger partial charge on any atom is -0.273 e. The zero-order valence-electron chi connectivity index (χ0n) is 12.4. The summed E-state index contributed by atoms with van der Waals surface area (Å²) in [6, 6.07) is 7.87. The van der Waals surface area contributed by atoms with E-state index >= 15 is 0 Å². The minimum absolute atomic E-state index is 0.0120. The number of hydrazone groups is 1. The van der Waals surface area contributed by atoms with Crippen molar-refractivity contribution in [2.24, 2.45) is 5.10 Å². The van der Waals surface area contributed by atoms with Crippen molar-refractivity contribution in [1.82, 2.24) is 5.43 Å². The van der Waals surface area contributed by atoms with Gasteiger partial charge in [-0.1, -0.05) is 76.6 Å². The maximum absolute atomic E-state index is 11.7. The van der Waals surface area contributed by atoms with Crippen molar-refractivity contribution in [3.63, 3.8) is 0 Å². The average molecular weight is 418 g/mol. The van der Waals surface area contributed by atoms with E-state index in [0.717, 1.165) is 28.6 Å². The summed E-state index contributed by atoms with van der Waals surface area (Å²) in [6.45, 7) is 2.19. The lowest BCUT2D eigenvalue weighted by Gasteiger charge is -2.05. The second kappa shape index (κ2) is 11.0. The molecule has 1 aromatic carbocycles. The topological polar surface area (TPSA) is 41.5 Å². The molecular weight excluding hydrogens is 396 g/mol. The van der Waals surface area contributed by atoms with Gasteiger partial charge in [-0.2, -0.15) is 5.10 Å². The van der Waals surface area contributed by atoms with Gasteiger partial charge < -0.3 is 0 Å². The standard InChI is InChI=1S/C16H22Br2N2O/c1-2-3-4-5-6-7-16(21)20-19-15(12-17)13-8-10-14(18)11-9-13/h8-11H,2-7,12H2,1H3,(H,20,21). The highest BCUT2D eigenvalue weighted by Crippen LogP contribution is 2.12. The van der Waals surface area contributed by atoms with Crippen LogP contribution in [-0.4, -0.2) is 16.9 Å². The van der Waals surface area contributed by atoms with Crippen LogP contribution < -0.4 is 5.43 Å². The molecule has 1 aromatic rings. The van der Waals surface area contributed by atoms with E-state index in [2.05, 4.69) is 49.3 Å². The summed E-state index contributed by atoms with van der Waals surface area (Å²) < 4.78 is 1.02. The highest BCUT2D eigenvalue weighted by molar-refractivity contribution is 9.10. The summed E-state index contributed by atoms with van der Waals surface area (Å²) in [5.41, 5.74) is 4.46. The summed E-state index contributed by atoms with van der Waals surface area (Å²) in [4.78, 5) is 11.7. The number of benzene rings is 1. The quantitative estimate of drug-likeness (QED) is 0.260. The van der Waals surface area contributed by atoms with E-state index in [9.17, 15) is 4.79 Å². The maximum Gasteiger partial charge on any atom is 0.240 e. The number of hydrogen-bond acceptors (Lipinski definition) is 2. The molecule has 0 saturated heterocycles. The predicted octanol–water partition coefficient (Wildman–Crippen LogP) is 5.02. The fourth-order valence-electron chi connectivity index (χ4n) is 1.89. The normalized spacial score (nSPS) is 11.5. The van der Waals surface area contributed by atoms with Crippen molar-refractivity contribution in [1.29, 1.82) is 0 Å². The van der Waals surface area contributed by atoms with E-state index in [-0.39, 0.29) is 5.91 Å². The first kappa shape index (κ1) is 18.4. The molecule has 21 heavy (non-hydrogen) atoms. The Morgan fingerprint density at radius 2 is 1.81 bits per heavy atom. The number of halogens is 2. The van der Waals surface area contributed by atoms with Crippen LogP contribution in [0, 0.1) is 0 Å². The third-order valence-corrected chi connectivity index (χ3v) is 4.19. The number of alkyl halides is 1. The summed E-state index contributed by atoms with van der Waals surface area (Å²) in [5, 5.41) is 4.81. The fraction of sp³-hybridized carbons (Fsp3) is 0.500. The molecule has 0 heterocycles. The predicted molar refractivity (Wildman–Crippen MR) is 96.0 cm³/mol. The Morgan fingerprint density at radius 1 is 1.14 bits per heavy atom. The van der Waals surface area contributed by atoms with E-state index in [1.165, 1.54) is 19.3 Å². The van der Waals surface area contributed by atoms with Crippen molar-refractivity contribution in [2.75, 3.05) is 5.33 Å². The number of hydrogen-bond donors (Lipinski definition) is 1. The number of unbranched alkanes of at least 4 members (excludes halogenated alkanes) is 4. The van der Waals surface area contributed by atoms with Gasteiger partial charge in [0.15, 0.2) is 0 Å². The molecule has 0 aliphatic rings. The lowest BCUT2D eigenvalue weighted by molar-refractivity contribution is -0.121. The van der Waals surface area contributed by atoms with Crippen molar-refractivity contribution in [3.05, 3.63) is 34.3 Å². The third-order valence-electron chi connectivity index (χ3n) is 3.13. The summed E-state index contributed by atoms with van der Waals surface area (Å²) in [7, 11) is 0. The van der Waals surface area contributed by atoms with Crippen LogP contribution in [0.2, 0.25) is 0 Å². The van der Waals surface area contributed by atoms with Gasteiger partial charge >= 0.3 is 0 Å². The molecule has 0 bridgehead atoms. The van der Waals surface area contributed by atoms with Crippen molar-refractivity contribution in [2.45, 2.75) is 45.4 Å². The van der Waals surface area contributed by atoms with Gasteiger partial charge in [-0.05, 0) is 24.1 Å². The Morgan fingerprint density at radius 3 is 2.43 bits per heavy atom. The van der Waals surface area contributed by atoms with E-state index < -0.39 is 0 Å². The van der Waals surface area contributed by atoms with Crippen LogP contribution in [0.25, 0.3) is 0 Å². The second-order valence-corrected chi connectivity index (χ2v) is 6.37. The summed E-state index contributed by atoms with van der Waals surface area (Å²) in [5.74, 6) is -0.0120. The zero-order valence-corrected chi connectivity index (χ0v) is 15.5. The van der Waals surface area contributed by atoms with Gasteiger partial charge in [-0.15, -0.1) is 0 Å². The first-order chi connectivity index (χ1) is 10.2. The number of carbonyl (C=O) groups is 1. The van der Waals surface area contributed by atoms with Crippen LogP contribution in [0.3, 0.4) is 0 Å². The minimum atomic E-state index is -0.0120. The molecule has 0 aromatic heterocycles. The average Bonchev–Trinajstić information content (AvgIpc) is 2.49. The Kier molecular flexibility index (Phi) is 9.59. The number of rotatable bonds is 9. The number of amides is 1. The molecule has 0 unspecified atom stereocenters. The lowest BCUT2D eigenvalue weighted by Crippen LogP contribution is -2.20. The highest BCUT2D eigenvalue weighted by atomic mass is 79.9. The molecule has 0 atom stereocenters. The Balaban J connectivity index is 2.41. The zero-order chi connectivity index (χ0) is 15.5. The van der Waals surface area contributed by atoms with Crippen LogP contribution >= 0.6 is 31.9 Å². The second-order valence-electron chi connectivity index (χ2n) is 4.90. The van der Waals surface area contributed by atoms with Crippen molar-refractivity contribution < 1.29 is 4.79 Å². The van der Waals surface area contributed by atoms with Crippen molar-refractivity contribution in [3.8, 4) is 0 Å². The first-order valence-electron chi connectivity index (χ1n) is 7.34. The van der Waals surface area contributed by atoms with E-state index in [0.29, 0.717) is 11.8 Å². The van der Waals surface area contributed by atoms with Gasteiger partial charge in [0.25, 0.3) is 0 Å². The van der Waals surface area contributed by atoms with E-state index in [1.807, 2.05) is 24.3 Å². The monoisotopic (exact) mass is 416 g/mol. The molecule has 1 N–H and O–H groups in total. The molecule has 3 nitrogen and oxygen atoms in total. The molecule has 0 aliphatic carbocycles. The van der Waals surface area contributed by atoms with Crippen LogP contribution in [0.4, 0.5) is 0 Å². The molecule has 116 valence electrons. The maximum atomic E-state index is 11.7. The van der Waals surface area contributed by atoms with Crippen LogP contribution in [-0.2, 0) is 4.79 Å². The molecule has 0 fully saturated rings. The highest BCUT2D eigenvalue weighted by Gasteiger charge is 2.04. The summed E-state index contributed by atoms with van der Waals surface area (Å²) in [6.07, 6.45) is 6.27. The fourth-order valence-corrected chi connectivity index (χ4v) is 2.60. The van der Waals surface area contributed by atoms with Gasteiger partial charge in [-0.25, -0.2) is 5.43 Å². The first-order valence-corrected chi connectivity index (χ1v) is 9.26. The van der Waals surface area contributed by atoms with Gasteiger partial charge in [0.2, 0.25) is 5.91 Å². The SMILES string of the molecule is CCCCCCCC(=O)NN=C(CBr)c1ccc(Br)cc1. The Bertz CT molecular complexity index is 458. The van der Waals surface area contributed by atoms with E-state index in [1.54, 1.807) is 0 Å². The largest absolute Gasteiger partial charge is 0.273 e. The summed E-state index contributed by atoms with van der Waals surface area (Å²) >= 11 is 6.81. The molecule has 0 saturated carbocycles. The molecular formula is C16H22Br2N2O. The molecule has 0 aliphatic heterocycles. The van der Waals surface area contributed by atoms with Crippen molar-refractivity contribution >= 4 is 43.5 Å². The molecule has 1 rings (SSSR count). The Labute approximate surface area is 143 Å². The molecule has 0 radical (unpaired) electrons. The smallest absolute Gasteiger partial charge is 0.240 e. The number of nitrogens with zero attached hydrogens (tertiary/aromatic N) is 1. The van der Waals surface area contributed by atoms with Crippen LogP contribution in [0.1, 0.15) is 51.0 Å². The third kappa shape index (κ3) is 7.77. The Hall–Kier alpha value is -0.680. The van der Waals surface area contributed by atoms with E-state index in [4.69, 9.17) is 0 Å². The van der Waals surface area contributed by atoms with Gasteiger partial charge in [0.1, 0.15) is 0 Å². The lowest BCUT2D eigenvalue weighted by atomic mass is 10.1. The molecule has 1 amide bonds. The van der Waals surface area contributed by atoms with Crippen LogP contribution in [0.15, 0.2) is 33.8 Å². The van der Waals surface area contributed by atoms with Gasteiger partial charge in [0.05, 0.1) is 5.71 Å². The van der Waals surface area contributed by atoms with Gasteiger partial charge in [0, 0.05) is 16.2 Å². The van der Waals surface area contributed by atoms with Gasteiger partial charge in [-0.3, -0.25) is 4.79 Å². The van der Waals surface area contributed by atoms with Crippen LogP contribution in [0.5, 0.6) is 0 Å².